The van der Waals surface area contributed by atoms with E-state index in [9.17, 15) is 0 Å². The van der Waals surface area contributed by atoms with Gasteiger partial charge in [0.2, 0.25) is 0 Å². The minimum Gasteiger partial charge on any atom is -0.399 e. The summed E-state index contributed by atoms with van der Waals surface area (Å²) in [5.74, 6) is 0. The normalized spacial score (nSPS) is 10.4. The molecule has 0 saturated heterocycles. The van der Waals surface area contributed by atoms with Crippen molar-refractivity contribution in [2.45, 2.75) is 19.9 Å². The van der Waals surface area contributed by atoms with Crippen molar-refractivity contribution in [2.75, 3.05) is 17.6 Å². The Kier molecular flexibility index (Phi) is 3.59. The Hall–Kier alpha value is -2.04. The molecule has 2 rings (SSSR count). The highest BCUT2D eigenvalue weighted by atomic mass is 15.4. The van der Waals surface area contributed by atoms with Crippen LogP contribution in [-0.4, -0.2) is 21.5 Å². The number of aryl methyl sites for hydroxylation is 2. The third-order valence-corrected chi connectivity index (χ3v) is 2.61. The molecule has 0 atom stereocenters. The van der Waals surface area contributed by atoms with Crippen molar-refractivity contribution in [3.63, 3.8) is 0 Å². The van der Waals surface area contributed by atoms with Gasteiger partial charge in [-0.1, -0.05) is 11.3 Å². The number of aromatic nitrogens is 3. The largest absolute Gasteiger partial charge is 0.399 e. The summed E-state index contributed by atoms with van der Waals surface area (Å²) in [6.45, 7) is 3.83. The van der Waals surface area contributed by atoms with Gasteiger partial charge in [-0.25, -0.2) is 0 Å². The van der Waals surface area contributed by atoms with Crippen LogP contribution in [0.15, 0.2) is 30.6 Å². The van der Waals surface area contributed by atoms with E-state index in [4.69, 9.17) is 5.73 Å². The summed E-state index contributed by atoms with van der Waals surface area (Å²) in [7, 11) is 0. The second-order valence-corrected chi connectivity index (χ2v) is 4.02. The van der Waals surface area contributed by atoms with E-state index >= 15 is 0 Å². The molecule has 0 amide bonds. The van der Waals surface area contributed by atoms with Gasteiger partial charge in [0.05, 0.1) is 6.20 Å². The fraction of sp³-hybridized carbons (Fsp3) is 0.333. The zero-order valence-electron chi connectivity index (χ0n) is 9.93. The molecule has 17 heavy (non-hydrogen) atoms. The van der Waals surface area contributed by atoms with Gasteiger partial charge < -0.3 is 11.1 Å². The fourth-order valence-corrected chi connectivity index (χ4v) is 1.65. The maximum Gasteiger partial charge on any atom is 0.0692 e. The molecule has 0 saturated carbocycles. The molecular formula is C12H17N5. The number of anilines is 2. The Morgan fingerprint density at radius 3 is 3.06 bits per heavy atom. The summed E-state index contributed by atoms with van der Waals surface area (Å²) in [5.41, 5.74) is 8.84. The predicted molar refractivity (Wildman–Crippen MR) is 68.7 cm³/mol. The molecule has 1 heterocycles. The number of hydrogen-bond acceptors (Lipinski definition) is 4. The van der Waals surface area contributed by atoms with Gasteiger partial charge in [0.1, 0.15) is 0 Å². The van der Waals surface area contributed by atoms with Crippen molar-refractivity contribution in [2.24, 2.45) is 0 Å². The van der Waals surface area contributed by atoms with Crippen LogP contribution in [-0.2, 0) is 6.54 Å². The van der Waals surface area contributed by atoms with Crippen LogP contribution in [0.25, 0.3) is 0 Å². The zero-order chi connectivity index (χ0) is 12.1. The monoisotopic (exact) mass is 231 g/mol. The molecule has 90 valence electrons. The first-order valence-electron chi connectivity index (χ1n) is 5.70. The van der Waals surface area contributed by atoms with Gasteiger partial charge in [0.25, 0.3) is 0 Å². The van der Waals surface area contributed by atoms with E-state index in [1.807, 2.05) is 29.1 Å². The molecule has 0 bridgehead atoms. The first-order chi connectivity index (χ1) is 8.25. The highest BCUT2D eigenvalue weighted by molar-refractivity contribution is 5.59. The number of nitrogen functional groups attached to an aromatic ring is 1. The lowest BCUT2D eigenvalue weighted by Crippen LogP contribution is -2.08. The minimum atomic E-state index is 0.786. The van der Waals surface area contributed by atoms with Gasteiger partial charge >= 0.3 is 0 Å². The highest BCUT2D eigenvalue weighted by Gasteiger charge is 1.98. The topological polar surface area (TPSA) is 68.8 Å². The lowest BCUT2D eigenvalue weighted by atomic mass is 10.2. The molecule has 2 aromatic rings. The molecule has 5 heteroatoms. The van der Waals surface area contributed by atoms with Crippen LogP contribution < -0.4 is 11.1 Å². The maximum atomic E-state index is 5.75. The summed E-state index contributed by atoms with van der Waals surface area (Å²) in [6, 6.07) is 5.90. The van der Waals surface area contributed by atoms with Gasteiger partial charge in [-0.15, -0.1) is 5.10 Å². The molecule has 1 aromatic heterocycles. The van der Waals surface area contributed by atoms with Gasteiger partial charge in [-0.05, 0) is 31.0 Å². The van der Waals surface area contributed by atoms with Crippen LogP contribution in [0.1, 0.15) is 12.0 Å². The third kappa shape index (κ3) is 3.21. The summed E-state index contributed by atoms with van der Waals surface area (Å²) in [4.78, 5) is 0. The molecule has 0 aliphatic carbocycles. The number of nitrogens with one attached hydrogen (secondary N) is 1. The van der Waals surface area contributed by atoms with Crippen LogP contribution in [0, 0.1) is 6.92 Å². The molecule has 0 aliphatic rings. The molecule has 0 fully saturated rings. The van der Waals surface area contributed by atoms with Crippen molar-refractivity contribution in [3.05, 3.63) is 36.2 Å². The Bertz CT molecular complexity index is 464. The molecule has 3 N–H and O–H groups in total. The fourth-order valence-electron chi connectivity index (χ4n) is 1.65. The van der Waals surface area contributed by atoms with Gasteiger partial charge in [-0.3, -0.25) is 4.68 Å². The van der Waals surface area contributed by atoms with Crippen LogP contribution in [0.3, 0.4) is 0 Å². The van der Waals surface area contributed by atoms with Crippen molar-refractivity contribution >= 4 is 11.4 Å². The number of rotatable bonds is 5. The summed E-state index contributed by atoms with van der Waals surface area (Å²) in [5, 5.41) is 11.0. The average Bonchev–Trinajstić information content (AvgIpc) is 2.82. The quantitative estimate of drug-likeness (QED) is 0.606. The molecule has 1 aromatic carbocycles. The number of nitrogens with zero attached hydrogens (tertiary/aromatic N) is 3. The molecule has 5 nitrogen and oxygen atoms in total. The van der Waals surface area contributed by atoms with Crippen molar-refractivity contribution < 1.29 is 0 Å². The van der Waals surface area contributed by atoms with E-state index < -0.39 is 0 Å². The van der Waals surface area contributed by atoms with E-state index in [0.29, 0.717) is 0 Å². The van der Waals surface area contributed by atoms with E-state index in [-0.39, 0.29) is 0 Å². The molecule has 0 spiro atoms. The average molecular weight is 231 g/mol. The van der Waals surface area contributed by atoms with Crippen molar-refractivity contribution in [3.8, 4) is 0 Å². The molecule has 0 aliphatic heterocycles. The Balaban J connectivity index is 1.80. The van der Waals surface area contributed by atoms with E-state index in [1.54, 1.807) is 6.20 Å². The second-order valence-electron chi connectivity index (χ2n) is 4.02. The Labute approximate surface area is 101 Å². The SMILES string of the molecule is Cc1ccc(N)cc1NCCCn1ccnn1. The van der Waals surface area contributed by atoms with Crippen LogP contribution in [0.5, 0.6) is 0 Å². The maximum absolute atomic E-state index is 5.75. The second kappa shape index (κ2) is 5.34. The number of benzene rings is 1. The van der Waals surface area contributed by atoms with Crippen molar-refractivity contribution in [1.29, 1.82) is 0 Å². The number of nitrogens with two attached hydrogens (primary N) is 1. The smallest absolute Gasteiger partial charge is 0.0692 e. The van der Waals surface area contributed by atoms with Gasteiger partial charge in [0, 0.05) is 30.7 Å². The van der Waals surface area contributed by atoms with E-state index in [0.717, 1.165) is 30.9 Å². The molecule has 0 unspecified atom stereocenters. The lowest BCUT2D eigenvalue weighted by Gasteiger charge is -2.10. The van der Waals surface area contributed by atoms with Crippen molar-refractivity contribution in [1.82, 2.24) is 15.0 Å². The Morgan fingerprint density at radius 2 is 2.29 bits per heavy atom. The lowest BCUT2D eigenvalue weighted by molar-refractivity contribution is 0.570. The highest BCUT2D eigenvalue weighted by Crippen LogP contribution is 2.17. The van der Waals surface area contributed by atoms with Crippen LogP contribution in [0.4, 0.5) is 11.4 Å². The number of hydrogen-bond donors (Lipinski definition) is 2. The summed E-state index contributed by atoms with van der Waals surface area (Å²) >= 11 is 0. The van der Waals surface area contributed by atoms with Gasteiger partial charge in [-0.2, -0.15) is 0 Å². The molecule has 0 radical (unpaired) electrons. The van der Waals surface area contributed by atoms with Crippen LogP contribution in [0.2, 0.25) is 0 Å². The first kappa shape index (κ1) is 11.4. The summed E-state index contributed by atoms with van der Waals surface area (Å²) < 4.78 is 1.83. The Morgan fingerprint density at radius 1 is 1.41 bits per heavy atom. The molecular weight excluding hydrogens is 214 g/mol. The zero-order valence-corrected chi connectivity index (χ0v) is 9.93. The predicted octanol–water partition coefficient (Wildman–Crippen LogP) is 1.67. The van der Waals surface area contributed by atoms with E-state index in [1.165, 1.54) is 5.56 Å². The third-order valence-electron chi connectivity index (χ3n) is 2.61. The minimum absolute atomic E-state index is 0.786. The van der Waals surface area contributed by atoms with Crippen LogP contribution >= 0.6 is 0 Å². The van der Waals surface area contributed by atoms with E-state index in [2.05, 4.69) is 22.6 Å². The standard InChI is InChI=1S/C12H17N5/c1-10-3-4-11(13)9-12(10)14-5-2-7-17-8-6-15-16-17/h3-4,6,8-9,14H,2,5,7,13H2,1H3. The first-order valence-corrected chi connectivity index (χ1v) is 5.70. The summed E-state index contributed by atoms with van der Waals surface area (Å²) in [6.07, 6.45) is 4.55. The van der Waals surface area contributed by atoms with Gasteiger partial charge in [0.15, 0.2) is 0 Å².